The Hall–Kier alpha value is -1.26. The molecule has 1 fully saturated rings. The molecule has 0 amide bonds. The molecule has 20 heavy (non-hydrogen) atoms. The maximum atomic E-state index is 11.5. The molecule has 0 aromatic heterocycles. The molecule has 1 unspecified atom stereocenters. The molecule has 5 heteroatoms. The van der Waals surface area contributed by atoms with Crippen LogP contribution in [0.1, 0.15) is 31.7 Å². The number of phenolic OH excluding ortho intramolecular Hbond substituents is 1. The second-order valence-electron chi connectivity index (χ2n) is 5.57. The molecular weight excluding hydrogens is 278 g/mol. The molecule has 1 aliphatic heterocycles. The summed E-state index contributed by atoms with van der Waals surface area (Å²) in [4.78, 5) is 13.6. The first kappa shape index (κ1) is 15.1. The number of carboxylic acid groups (broad SMARTS) is 1. The highest BCUT2D eigenvalue weighted by molar-refractivity contribution is 6.30. The Morgan fingerprint density at radius 2 is 2.25 bits per heavy atom. The molecule has 110 valence electrons. The number of halogens is 1. The topological polar surface area (TPSA) is 60.8 Å². The highest BCUT2D eigenvalue weighted by Crippen LogP contribution is 2.37. The Bertz CT molecular complexity index is 506. The van der Waals surface area contributed by atoms with E-state index in [2.05, 4.69) is 4.90 Å². The minimum absolute atomic E-state index is 0.206. The van der Waals surface area contributed by atoms with Gasteiger partial charge < -0.3 is 10.2 Å². The maximum Gasteiger partial charge on any atom is 0.310 e. The number of carbonyl (C=O) groups is 1. The normalized spacial score (nSPS) is 23.1. The molecule has 1 aromatic carbocycles. The van der Waals surface area contributed by atoms with Crippen LogP contribution in [0.25, 0.3) is 0 Å². The van der Waals surface area contributed by atoms with Gasteiger partial charge in [0.25, 0.3) is 0 Å². The zero-order valence-electron chi connectivity index (χ0n) is 11.6. The van der Waals surface area contributed by atoms with Gasteiger partial charge in [-0.3, -0.25) is 9.69 Å². The molecule has 2 N–H and O–H groups in total. The van der Waals surface area contributed by atoms with E-state index in [1.807, 2.05) is 6.92 Å². The van der Waals surface area contributed by atoms with Crippen molar-refractivity contribution in [2.24, 2.45) is 5.41 Å². The summed E-state index contributed by atoms with van der Waals surface area (Å²) in [5.74, 6) is -0.505. The SMILES string of the molecule is CCCC1(C(=O)O)CCN(Cc2cc(Cl)ccc2O)C1. The first-order chi connectivity index (χ1) is 9.47. The van der Waals surface area contributed by atoms with Crippen LogP contribution in [0, 0.1) is 5.41 Å². The lowest BCUT2D eigenvalue weighted by Gasteiger charge is -2.24. The third kappa shape index (κ3) is 3.07. The Morgan fingerprint density at radius 3 is 2.90 bits per heavy atom. The van der Waals surface area contributed by atoms with Crippen molar-refractivity contribution in [2.75, 3.05) is 13.1 Å². The van der Waals surface area contributed by atoms with Crippen molar-refractivity contribution < 1.29 is 15.0 Å². The molecule has 1 atom stereocenters. The van der Waals surface area contributed by atoms with Gasteiger partial charge in [-0.2, -0.15) is 0 Å². The van der Waals surface area contributed by atoms with E-state index >= 15 is 0 Å². The summed E-state index contributed by atoms with van der Waals surface area (Å²) in [5.41, 5.74) is 0.110. The van der Waals surface area contributed by atoms with E-state index in [0.29, 0.717) is 31.0 Å². The first-order valence-corrected chi connectivity index (χ1v) is 7.28. The Balaban J connectivity index is 2.09. The number of rotatable bonds is 5. The summed E-state index contributed by atoms with van der Waals surface area (Å²) in [6.45, 7) is 3.81. The number of aliphatic carboxylic acids is 1. The van der Waals surface area contributed by atoms with Gasteiger partial charge in [0.1, 0.15) is 5.75 Å². The van der Waals surface area contributed by atoms with Crippen molar-refractivity contribution in [3.05, 3.63) is 28.8 Å². The Labute approximate surface area is 124 Å². The van der Waals surface area contributed by atoms with E-state index in [1.165, 1.54) is 0 Å². The number of phenols is 1. The van der Waals surface area contributed by atoms with Crippen LogP contribution >= 0.6 is 11.6 Å². The predicted octanol–water partition coefficient (Wildman–Crippen LogP) is 3.12. The maximum absolute atomic E-state index is 11.5. The summed E-state index contributed by atoms with van der Waals surface area (Å²) >= 11 is 5.93. The molecule has 0 saturated carbocycles. The van der Waals surface area contributed by atoms with Gasteiger partial charge in [-0.15, -0.1) is 0 Å². The van der Waals surface area contributed by atoms with E-state index in [9.17, 15) is 15.0 Å². The molecule has 2 rings (SSSR count). The Kier molecular flexibility index (Phi) is 4.55. The Morgan fingerprint density at radius 1 is 1.50 bits per heavy atom. The summed E-state index contributed by atoms with van der Waals surface area (Å²) in [5, 5.41) is 19.9. The minimum atomic E-state index is -0.711. The van der Waals surface area contributed by atoms with Crippen LogP contribution in [-0.4, -0.2) is 34.2 Å². The van der Waals surface area contributed by atoms with E-state index in [0.717, 1.165) is 18.5 Å². The zero-order valence-corrected chi connectivity index (χ0v) is 12.4. The average molecular weight is 298 g/mol. The highest BCUT2D eigenvalue weighted by atomic mass is 35.5. The summed E-state index contributed by atoms with van der Waals surface area (Å²) in [6, 6.07) is 4.95. The van der Waals surface area contributed by atoms with Gasteiger partial charge in [0, 0.05) is 23.7 Å². The highest BCUT2D eigenvalue weighted by Gasteiger charge is 2.43. The lowest BCUT2D eigenvalue weighted by atomic mass is 9.83. The standard InChI is InChI=1S/C15H20ClNO3/c1-2-5-15(14(19)20)6-7-17(10-15)9-11-8-12(16)3-4-13(11)18/h3-4,8,18H,2,5-7,9-10H2,1H3,(H,19,20). The van der Waals surface area contributed by atoms with Gasteiger partial charge in [-0.1, -0.05) is 24.9 Å². The third-order valence-electron chi connectivity index (χ3n) is 4.05. The third-order valence-corrected chi connectivity index (χ3v) is 4.29. The van der Waals surface area contributed by atoms with Crippen LogP contribution in [0.5, 0.6) is 5.75 Å². The van der Waals surface area contributed by atoms with Crippen molar-refractivity contribution in [3.63, 3.8) is 0 Å². The largest absolute Gasteiger partial charge is 0.508 e. The second-order valence-corrected chi connectivity index (χ2v) is 6.01. The molecule has 0 bridgehead atoms. The molecule has 1 saturated heterocycles. The van der Waals surface area contributed by atoms with Crippen LogP contribution < -0.4 is 0 Å². The van der Waals surface area contributed by atoms with Crippen LogP contribution in [0.4, 0.5) is 0 Å². The smallest absolute Gasteiger partial charge is 0.310 e. The van der Waals surface area contributed by atoms with E-state index < -0.39 is 11.4 Å². The van der Waals surface area contributed by atoms with Crippen LogP contribution in [-0.2, 0) is 11.3 Å². The van der Waals surface area contributed by atoms with Crippen molar-refractivity contribution in [3.8, 4) is 5.75 Å². The molecular formula is C15H20ClNO3. The van der Waals surface area contributed by atoms with Crippen molar-refractivity contribution in [2.45, 2.75) is 32.7 Å². The summed E-state index contributed by atoms with van der Waals surface area (Å²) < 4.78 is 0. The number of nitrogens with zero attached hydrogens (tertiary/aromatic N) is 1. The van der Waals surface area contributed by atoms with Crippen molar-refractivity contribution >= 4 is 17.6 Å². The van der Waals surface area contributed by atoms with Gasteiger partial charge in [-0.25, -0.2) is 0 Å². The fourth-order valence-corrected chi connectivity index (χ4v) is 3.17. The number of carboxylic acids is 1. The lowest BCUT2D eigenvalue weighted by molar-refractivity contribution is -0.148. The van der Waals surface area contributed by atoms with Gasteiger partial charge in [0.05, 0.1) is 5.41 Å². The van der Waals surface area contributed by atoms with Gasteiger partial charge in [0.2, 0.25) is 0 Å². The van der Waals surface area contributed by atoms with Gasteiger partial charge in [-0.05, 0) is 37.6 Å². The minimum Gasteiger partial charge on any atom is -0.508 e. The molecule has 1 heterocycles. The lowest BCUT2D eigenvalue weighted by Crippen LogP contribution is -2.34. The summed E-state index contributed by atoms with van der Waals surface area (Å²) in [6.07, 6.45) is 2.22. The van der Waals surface area contributed by atoms with E-state index in [4.69, 9.17) is 11.6 Å². The number of aromatic hydroxyl groups is 1. The zero-order chi connectivity index (χ0) is 14.8. The monoisotopic (exact) mass is 297 g/mol. The molecule has 0 spiro atoms. The fourth-order valence-electron chi connectivity index (χ4n) is 2.98. The van der Waals surface area contributed by atoms with Gasteiger partial charge >= 0.3 is 5.97 Å². The second kappa shape index (κ2) is 6.02. The molecule has 1 aliphatic rings. The van der Waals surface area contributed by atoms with Gasteiger partial charge in [0.15, 0.2) is 0 Å². The quantitative estimate of drug-likeness (QED) is 0.876. The van der Waals surface area contributed by atoms with Crippen LogP contribution in [0.3, 0.4) is 0 Å². The molecule has 4 nitrogen and oxygen atoms in total. The van der Waals surface area contributed by atoms with Crippen molar-refractivity contribution in [1.29, 1.82) is 0 Å². The number of hydrogen-bond acceptors (Lipinski definition) is 3. The number of likely N-dealkylation sites (tertiary alicyclic amines) is 1. The van der Waals surface area contributed by atoms with E-state index in [1.54, 1.807) is 18.2 Å². The summed E-state index contributed by atoms with van der Waals surface area (Å²) in [7, 11) is 0. The predicted molar refractivity (Wildman–Crippen MR) is 78.0 cm³/mol. The molecule has 1 aromatic rings. The number of hydrogen-bond donors (Lipinski definition) is 2. The number of benzene rings is 1. The average Bonchev–Trinajstić information content (AvgIpc) is 2.79. The van der Waals surface area contributed by atoms with Crippen LogP contribution in [0.2, 0.25) is 5.02 Å². The molecule has 0 aliphatic carbocycles. The fraction of sp³-hybridized carbons (Fsp3) is 0.533. The molecule has 0 radical (unpaired) electrons. The van der Waals surface area contributed by atoms with Crippen molar-refractivity contribution in [1.82, 2.24) is 4.90 Å². The first-order valence-electron chi connectivity index (χ1n) is 6.90. The van der Waals surface area contributed by atoms with Crippen LogP contribution in [0.15, 0.2) is 18.2 Å². The van der Waals surface area contributed by atoms with E-state index in [-0.39, 0.29) is 5.75 Å².